The second kappa shape index (κ2) is 7.15. The van der Waals surface area contributed by atoms with Gasteiger partial charge in [0.2, 0.25) is 5.91 Å². The van der Waals surface area contributed by atoms with Gasteiger partial charge in [0.05, 0.1) is 6.42 Å². The van der Waals surface area contributed by atoms with Crippen molar-refractivity contribution in [1.29, 1.82) is 0 Å². The topological polar surface area (TPSA) is 92.7 Å². The van der Waals surface area contributed by atoms with Gasteiger partial charge < -0.3 is 15.2 Å². The molecular formula is C13H15NO5. The molecular weight excluding hydrogens is 250 g/mol. The van der Waals surface area contributed by atoms with E-state index in [9.17, 15) is 14.4 Å². The highest BCUT2D eigenvalue weighted by molar-refractivity contribution is 5.86. The molecule has 0 unspecified atom stereocenters. The van der Waals surface area contributed by atoms with Crippen molar-refractivity contribution in [1.82, 2.24) is 5.32 Å². The zero-order valence-electron chi connectivity index (χ0n) is 10.5. The molecule has 102 valence electrons. The number of carboxylic acid groups (broad SMARTS) is 1. The summed E-state index contributed by atoms with van der Waals surface area (Å²) >= 11 is 0. The van der Waals surface area contributed by atoms with Gasteiger partial charge in [0.1, 0.15) is 12.6 Å². The molecule has 0 saturated heterocycles. The van der Waals surface area contributed by atoms with Crippen LogP contribution in [0.4, 0.5) is 0 Å². The number of hydrogen-bond donors (Lipinski definition) is 2. The first-order valence-corrected chi connectivity index (χ1v) is 5.68. The molecule has 19 heavy (non-hydrogen) atoms. The standard InChI is InChI=1S/C13H15NO5/c1-9(15)14-11(13(17)18)7-12(16)19-8-10-5-3-2-4-6-10/h2-6,11H,7-8H2,1H3,(H,14,15)(H,17,18)/t11-/m1/s1. The van der Waals surface area contributed by atoms with Crippen LogP contribution in [0.25, 0.3) is 0 Å². The highest BCUT2D eigenvalue weighted by Gasteiger charge is 2.22. The Labute approximate surface area is 110 Å². The normalized spacial score (nSPS) is 11.4. The Bertz CT molecular complexity index is 457. The third-order valence-corrected chi connectivity index (χ3v) is 2.29. The number of aliphatic carboxylic acids is 1. The van der Waals surface area contributed by atoms with Crippen LogP contribution in [0.2, 0.25) is 0 Å². The molecule has 0 spiro atoms. The van der Waals surface area contributed by atoms with Crippen LogP contribution < -0.4 is 5.32 Å². The van der Waals surface area contributed by atoms with Crippen LogP contribution in [0.3, 0.4) is 0 Å². The number of hydrogen-bond acceptors (Lipinski definition) is 4. The van der Waals surface area contributed by atoms with Crippen LogP contribution in [0.1, 0.15) is 18.9 Å². The van der Waals surface area contributed by atoms with Crippen molar-refractivity contribution in [2.75, 3.05) is 0 Å². The Hall–Kier alpha value is -2.37. The Balaban J connectivity index is 2.45. The summed E-state index contributed by atoms with van der Waals surface area (Å²) in [6.07, 6.45) is -0.401. The second-order valence-corrected chi connectivity index (χ2v) is 3.94. The van der Waals surface area contributed by atoms with Crippen LogP contribution in [-0.4, -0.2) is 29.0 Å². The average Bonchev–Trinajstić information content (AvgIpc) is 2.36. The summed E-state index contributed by atoms with van der Waals surface area (Å²) in [5.41, 5.74) is 0.808. The smallest absolute Gasteiger partial charge is 0.326 e. The lowest BCUT2D eigenvalue weighted by atomic mass is 10.2. The zero-order valence-corrected chi connectivity index (χ0v) is 10.5. The van der Waals surface area contributed by atoms with Crippen LogP contribution in [0.15, 0.2) is 30.3 Å². The lowest BCUT2D eigenvalue weighted by molar-refractivity contribution is -0.151. The van der Waals surface area contributed by atoms with Crippen molar-refractivity contribution in [3.8, 4) is 0 Å². The van der Waals surface area contributed by atoms with Crippen molar-refractivity contribution in [3.05, 3.63) is 35.9 Å². The predicted molar refractivity (Wildman–Crippen MR) is 66.1 cm³/mol. The molecule has 0 aliphatic carbocycles. The maximum absolute atomic E-state index is 11.5. The maximum atomic E-state index is 11.5. The quantitative estimate of drug-likeness (QED) is 0.739. The summed E-state index contributed by atoms with van der Waals surface area (Å²) in [6.45, 7) is 1.26. The van der Waals surface area contributed by atoms with E-state index in [1.807, 2.05) is 6.07 Å². The number of esters is 1. The maximum Gasteiger partial charge on any atom is 0.326 e. The number of carboxylic acids is 1. The van der Waals surface area contributed by atoms with Gasteiger partial charge in [0.25, 0.3) is 0 Å². The molecule has 0 radical (unpaired) electrons. The average molecular weight is 265 g/mol. The largest absolute Gasteiger partial charge is 0.480 e. The van der Waals surface area contributed by atoms with E-state index in [0.29, 0.717) is 0 Å². The third-order valence-electron chi connectivity index (χ3n) is 2.29. The summed E-state index contributed by atoms with van der Waals surface area (Å²) in [5, 5.41) is 11.0. The Morgan fingerprint density at radius 1 is 1.26 bits per heavy atom. The zero-order chi connectivity index (χ0) is 14.3. The monoisotopic (exact) mass is 265 g/mol. The summed E-state index contributed by atoms with van der Waals surface area (Å²) in [4.78, 5) is 33.1. The number of carbonyl (C=O) groups is 3. The fourth-order valence-electron chi connectivity index (χ4n) is 1.41. The molecule has 0 heterocycles. The lowest BCUT2D eigenvalue weighted by Crippen LogP contribution is -2.41. The van der Waals surface area contributed by atoms with E-state index < -0.39 is 30.3 Å². The SMILES string of the molecule is CC(=O)N[C@H](CC(=O)OCc1ccccc1)C(=O)O. The molecule has 6 nitrogen and oxygen atoms in total. The molecule has 0 aliphatic rings. The molecule has 1 aromatic carbocycles. The summed E-state index contributed by atoms with van der Waals surface area (Å²) < 4.78 is 4.94. The minimum atomic E-state index is -1.27. The van der Waals surface area contributed by atoms with Crippen LogP contribution in [-0.2, 0) is 25.7 Å². The van der Waals surface area contributed by atoms with E-state index >= 15 is 0 Å². The van der Waals surface area contributed by atoms with E-state index in [4.69, 9.17) is 9.84 Å². The number of nitrogens with one attached hydrogen (secondary N) is 1. The van der Waals surface area contributed by atoms with E-state index in [1.165, 1.54) is 6.92 Å². The molecule has 1 aromatic rings. The van der Waals surface area contributed by atoms with Gasteiger partial charge in [0.15, 0.2) is 0 Å². The third kappa shape index (κ3) is 5.67. The number of carbonyl (C=O) groups excluding carboxylic acids is 2. The highest BCUT2D eigenvalue weighted by atomic mass is 16.5. The molecule has 1 rings (SSSR count). The van der Waals surface area contributed by atoms with Crippen molar-refractivity contribution in [2.24, 2.45) is 0 Å². The number of benzene rings is 1. The molecule has 0 aromatic heterocycles. The van der Waals surface area contributed by atoms with E-state index in [1.54, 1.807) is 24.3 Å². The lowest BCUT2D eigenvalue weighted by Gasteiger charge is -2.12. The first kappa shape index (κ1) is 14.7. The fourth-order valence-corrected chi connectivity index (χ4v) is 1.41. The minimum absolute atomic E-state index is 0.0755. The van der Waals surface area contributed by atoms with Gasteiger partial charge in [-0.1, -0.05) is 30.3 Å². The fraction of sp³-hybridized carbons (Fsp3) is 0.308. The van der Waals surface area contributed by atoms with Crippen LogP contribution in [0.5, 0.6) is 0 Å². The summed E-state index contributed by atoms with van der Waals surface area (Å²) in [6, 6.07) is 7.76. The molecule has 0 saturated carbocycles. The van der Waals surface area contributed by atoms with Crippen molar-refractivity contribution < 1.29 is 24.2 Å². The van der Waals surface area contributed by atoms with Gasteiger partial charge in [-0.05, 0) is 5.56 Å². The van der Waals surface area contributed by atoms with Gasteiger partial charge in [-0.25, -0.2) is 4.79 Å². The van der Waals surface area contributed by atoms with Crippen molar-refractivity contribution in [3.63, 3.8) is 0 Å². The second-order valence-electron chi connectivity index (χ2n) is 3.94. The molecule has 0 bridgehead atoms. The van der Waals surface area contributed by atoms with Crippen LogP contribution in [0, 0.1) is 0 Å². The predicted octanol–water partition coefficient (Wildman–Crippen LogP) is 0.709. The Morgan fingerprint density at radius 2 is 1.89 bits per heavy atom. The van der Waals surface area contributed by atoms with Crippen molar-refractivity contribution in [2.45, 2.75) is 26.0 Å². The minimum Gasteiger partial charge on any atom is -0.480 e. The Morgan fingerprint density at radius 3 is 2.42 bits per heavy atom. The number of ether oxygens (including phenoxy) is 1. The van der Waals surface area contributed by atoms with Gasteiger partial charge in [-0.3, -0.25) is 9.59 Å². The van der Waals surface area contributed by atoms with E-state index in [0.717, 1.165) is 5.56 Å². The molecule has 0 aliphatic heterocycles. The first-order valence-electron chi connectivity index (χ1n) is 5.68. The van der Waals surface area contributed by atoms with Gasteiger partial charge >= 0.3 is 11.9 Å². The number of rotatable bonds is 6. The molecule has 6 heteroatoms. The van der Waals surface area contributed by atoms with E-state index in [-0.39, 0.29) is 6.61 Å². The first-order chi connectivity index (χ1) is 8.99. The highest BCUT2D eigenvalue weighted by Crippen LogP contribution is 2.03. The van der Waals surface area contributed by atoms with Crippen LogP contribution >= 0.6 is 0 Å². The summed E-state index contributed by atoms with van der Waals surface area (Å²) in [7, 11) is 0. The molecule has 1 atom stereocenters. The molecule has 1 amide bonds. The number of amides is 1. The van der Waals surface area contributed by atoms with Gasteiger partial charge in [-0.2, -0.15) is 0 Å². The van der Waals surface area contributed by atoms with E-state index in [2.05, 4.69) is 5.32 Å². The van der Waals surface area contributed by atoms with Crippen molar-refractivity contribution >= 4 is 17.8 Å². The van der Waals surface area contributed by atoms with Gasteiger partial charge in [-0.15, -0.1) is 0 Å². The van der Waals surface area contributed by atoms with Gasteiger partial charge in [0, 0.05) is 6.92 Å². The summed E-state index contributed by atoms with van der Waals surface area (Å²) in [5.74, 6) is -2.46. The molecule has 2 N–H and O–H groups in total. The molecule has 0 fully saturated rings. The Kier molecular flexibility index (Phi) is 5.53.